The number of halogens is 1. The second kappa shape index (κ2) is 11.2. The number of anilines is 1. The Hall–Kier alpha value is -2.57. The molecule has 0 spiro atoms. The Morgan fingerprint density at radius 2 is 1.74 bits per heavy atom. The van der Waals surface area contributed by atoms with Crippen molar-refractivity contribution in [2.24, 2.45) is 5.10 Å². The molecule has 176 valence electrons. The molecule has 1 aliphatic rings. The lowest BCUT2D eigenvalue weighted by Gasteiger charge is -2.25. The molecule has 0 aromatic heterocycles. The zero-order valence-electron chi connectivity index (χ0n) is 18.0. The van der Waals surface area contributed by atoms with Crippen LogP contribution >= 0.6 is 34.4 Å². The minimum Gasteiger partial charge on any atom is -0.489 e. The number of rotatable bonds is 9. The van der Waals surface area contributed by atoms with Gasteiger partial charge in [-0.25, -0.2) is 13.8 Å². The summed E-state index contributed by atoms with van der Waals surface area (Å²) in [5, 5.41) is 3.98. The van der Waals surface area contributed by atoms with Gasteiger partial charge in [0, 0.05) is 15.1 Å². The first kappa shape index (κ1) is 24.6. The molecule has 0 atom stereocenters. The second-order valence-corrected chi connectivity index (χ2v) is 11.6. The second-order valence-electron chi connectivity index (χ2n) is 7.44. The summed E-state index contributed by atoms with van der Waals surface area (Å²) in [5.74, 6) is 2.26. The number of sulfonamides is 1. The van der Waals surface area contributed by atoms with Crippen molar-refractivity contribution in [2.75, 3.05) is 22.4 Å². The average Bonchev–Trinajstić information content (AvgIpc) is 2.82. The van der Waals surface area contributed by atoms with Gasteiger partial charge in [0.2, 0.25) is 0 Å². The van der Waals surface area contributed by atoms with Crippen LogP contribution in [-0.4, -0.2) is 44.7 Å². The summed E-state index contributed by atoms with van der Waals surface area (Å²) in [7, 11) is -3.95. The SMILES string of the molecule is O=C(CN(c1ccc(I)cc1)S(=O)(=O)c1ccccc1)N/N=C\c1ccc(OC2CSC2)cc1. The van der Waals surface area contributed by atoms with Crippen molar-refractivity contribution in [2.45, 2.75) is 11.0 Å². The summed E-state index contributed by atoms with van der Waals surface area (Å²) in [5.41, 5.74) is 3.59. The molecule has 1 saturated heterocycles. The molecule has 1 aliphatic heterocycles. The number of amides is 1. The van der Waals surface area contributed by atoms with E-state index in [4.69, 9.17) is 4.74 Å². The highest BCUT2D eigenvalue weighted by Gasteiger charge is 2.27. The molecular weight excluding hydrogens is 585 g/mol. The highest BCUT2D eigenvalue weighted by atomic mass is 127. The van der Waals surface area contributed by atoms with Gasteiger partial charge < -0.3 is 4.74 Å². The Bertz CT molecular complexity index is 1250. The summed E-state index contributed by atoms with van der Waals surface area (Å²) >= 11 is 4.00. The number of hydrogen-bond acceptors (Lipinski definition) is 6. The quantitative estimate of drug-likeness (QED) is 0.225. The highest BCUT2D eigenvalue weighted by molar-refractivity contribution is 14.1. The first-order chi connectivity index (χ1) is 16.4. The maximum atomic E-state index is 13.3. The van der Waals surface area contributed by atoms with Gasteiger partial charge in [0.15, 0.2) is 0 Å². The normalized spacial score (nSPS) is 13.9. The van der Waals surface area contributed by atoms with Gasteiger partial charge >= 0.3 is 0 Å². The predicted molar refractivity (Wildman–Crippen MR) is 144 cm³/mol. The van der Waals surface area contributed by atoms with Crippen LogP contribution in [0.3, 0.4) is 0 Å². The Kier molecular flexibility index (Phi) is 8.11. The predicted octanol–water partition coefficient (Wildman–Crippen LogP) is 4.13. The minimum absolute atomic E-state index is 0.104. The molecule has 1 N–H and O–H groups in total. The molecule has 3 aromatic rings. The van der Waals surface area contributed by atoms with Crippen LogP contribution in [0.2, 0.25) is 0 Å². The van der Waals surface area contributed by atoms with E-state index >= 15 is 0 Å². The van der Waals surface area contributed by atoms with Crippen LogP contribution in [0.15, 0.2) is 88.9 Å². The first-order valence-corrected chi connectivity index (χ1v) is 14.1. The fraction of sp³-hybridized carbons (Fsp3) is 0.167. The number of carbonyl (C=O) groups is 1. The third-order valence-corrected chi connectivity index (χ3v) is 8.65. The van der Waals surface area contributed by atoms with Crippen LogP contribution in [0.5, 0.6) is 5.75 Å². The summed E-state index contributed by atoms with van der Waals surface area (Å²) in [6, 6.07) is 22.3. The van der Waals surface area contributed by atoms with Crippen molar-refractivity contribution in [3.05, 3.63) is 88.0 Å². The third kappa shape index (κ3) is 6.30. The topological polar surface area (TPSA) is 88.1 Å². The van der Waals surface area contributed by atoms with E-state index in [0.717, 1.165) is 30.7 Å². The molecule has 0 aliphatic carbocycles. The fourth-order valence-electron chi connectivity index (χ4n) is 3.09. The van der Waals surface area contributed by atoms with Gasteiger partial charge in [-0.05, 0) is 88.8 Å². The smallest absolute Gasteiger partial charge is 0.264 e. The van der Waals surface area contributed by atoms with Gasteiger partial charge in [-0.2, -0.15) is 16.9 Å². The number of nitrogens with zero attached hydrogens (tertiary/aromatic N) is 2. The van der Waals surface area contributed by atoms with Gasteiger partial charge in [-0.15, -0.1) is 0 Å². The number of hydrogen-bond donors (Lipinski definition) is 1. The lowest BCUT2D eigenvalue weighted by atomic mass is 10.2. The number of hydrazone groups is 1. The van der Waals surface area contributed by atoms with E-state index in [1.807, 2.05) is 36.0 Å². The standard InChI is InChI=1S/C24H22IN3O4S2/c25-19-8-10-20(11-9-19)28(34(30,31)23-4-2-1-3-5-23)15-24(29)27-26-14-18-6-12-21(13-7-18)32-22-16-33-17-22/h1-14,22H,15-17H2,(H,27,29)/b26-14-. The summed E-state index contributed by atoms with van der Waals surface area (Å²) < 4.78 is 34.4. The van der Waals surface area contributed by atoms with E-state index in [1.54, 1.807) is 42.5 Å². The van der Waals surface area contributed by atoms with Crippen molar-refractivity contribution in [1.82, 2.24) is 5.43 Å². The van der Waals surface area contributed by atoms with Gasteiger partial charge in [0.25, 0.3) is 15.9 Å². The van der Waals surface area contributed by atoms with Crippen LogP contribution in [0.4, 0.5) is 5.69 Å². The van der Waals surface area contributed by atoms with Crippen molar-refractivity contribution in [3.8, 4) is 5.75 Å². The molecule has 1 heterocycles. The Labute approximate surface area is 216 Å². The molecule has 3 aromatic carbocycles. The molecule has 0 unspecified atom stereocenters. The van der Waals surface area contributed by atoms with E-state index in [0.29, 0.717) is 5.69 Å². The average molecular weight is 607 g/mol. The molecule has 1 amide bonds. The van der Waals surface area contributed by atoms with Gasteiger partial charge in [-0.3, -0.25) is 9.10 Å². The van der Waals surface area contributed by atoms with Crippen LogP contribution in [0, 0.1) is 3.57 Å². The van der Waals surface area contributed by atoms with Crippen LogP contribution in [0.25, 0.3) is 0 Å². The zero-order chi connectivity index (χ0) is 24.0. The fourth-order valence-corrected chi connectivity index (χ4v) is 5.46. The Balaban J connectivity index is 1.43. The summed E-state index contributed by atoms with van der Waals surface area (Å²) in [4.78, 5) is 12.7. The van der Waals surface area contributed by atoms with E-state index in [9.17, 15) is 13.2 Å². The van der Waals surface area contributed by atoms with Gasteiger partial charge in [-0.1, -0.05) is 18.2 Å². The minimum atomic E-state index is -3.95. The molecule has 34 heavy (non-hydrogen) atoms. The molecule has 7 nitrogen and oxygen atoms in total. The number of carbonyl (C=O) groups excluding carboxylic acids is 1. The first-order valence-electron chi connectivity index (χ1n) is 10.4. The van der Waals surface area contributed by atoms with Crippen molar-refractivity contribution >= 4 is 62.2 Å². The Morgan fingerprint density at radius 3 is 2.35 bits per heavy atom. The zero-order valence-corrected chi connectivity index (χ0v) is 21.8. The number of ether oxygens (including phenoxy) is 1. The monoisotopic (exact) mass is 607 g/mol. The number of benzene rings is 3. The molecule has 0 saturated carbocycles. The maximum absolute atomic E-state index is 13.3. The summed E-state index contributed by atoms with van der Waals surface area (Å²) in [6.45, 7) is -0.415. The highest BCUT2D eigenvalue weighted by Crippen LogP contribution is 2.25. The molecule has 4 rings (SSSR count). The molecular formula is C24H22IN3O4S2. The largest absolute Gasteiger partial charge is 0.489 e. The van der Waals surface area contributed by atoms with E-state index in [2.05, 4.69) is 33.1 Å². The Morgan fingerprint density at radius 1 is 1.06 bits per heavy atom. The molecule has 0 bridgehead atoms. The summed E-state index contributed by atoms with van der Waals surface area (Å²) in [6.07, 6.45) is 1.77. The molecule has 1 fully saturated rings. The van der Waals surface area contributed by atoms with Crippen molar-refractivity contribution < 1.29 is 17.9 Å². The van der Waals surface area contributed by atoms with Gasteiger partial charge in [0.1, 0.15) is 18.4 Å². The lowest BCUT2D eigenvalue weighted by Crippen LogP contribution is -2.39. The lowest BCUT2D eigenvalue weighted by molar-refractivity contribution is -0.119. The van der Waals surface area contributed by atoms with Crippen LogP contribution in [0.1, 0.15) is 5.56 Å². The number of nitrogens with one attached hydrogen (secondary N) is 1. The van der Waals surface area contributed by atoms with Gasteiger partial charge in [0.05, 0.1) is 16.8 Å². The molecule has 10 heteroatoms. The maximum Gasteiger partial charge on any atom is 0.264 e. The van der Waals surface area contributed by atoms with Crippen molar-refractivity contribution in [1.29, 1.82) is 0 Å². The van der Waals surface area contributed by atoms with E-state index in [-0.39, 0.29) is 11.0 Å². The van der Waals surface area contributed by atoms with E-state index < -0.39 is 22.5 Å². The number of thioether (sulfide) groups is 1. The van der Waals surface area contributed by atoms with Crippen LogP contribution in [-0.2, 0) is 14.8 Å². The van der Waals surface area contributed by atoms with Crippen molar-refractivity contribution in [3.63, 3.8) is 0 Å². The molecule has 0 radical (unpaired) electrons. The van der Waals surface area contributed by atoms with Crippen LogP contribution < -0.4 is 14.5 Å². The third-order valence-electron chi connectivity index (χ3n) is 4.93. The van der Waals surface area contributed by atoms with E-state index in [1.165, 1.54) is 18.3 Å².